The number of aryl methyl sites for hydroxylation is 1. The zero-order valence-electron chi connectivity index (χ0n) is 11.9. The summed E-state index contributed by atoms with van der Waals surface area (Å²) in [7, 11) is 0. The van der Waals surface area contributed by atoms with E-state index < -0.39 is 0 Å². The molecule has 1 aromatic heterocycles. The fourth-order valence-corrected chi connectivity index (χ4v) is 2.54. The molecule has 3 N–H and O–H groups in total. The van der Waals surface area contributed by atoms with Crippen molar-refractivity contribution in [2.45, 2.75) is 52.2 Å². The summed E-state index contributed by atoms with van der Waals surface area (Å²) in [5.41, 5.74) is 4.93. The van der Waals surface area contributed by atoms with Crippen LogP contribution in [-0.2, 0) is 4.74 Å². The summed E-state index contributed by atoms with van der Waals surface area (Å²) < 4.78 is 6.02. The number of nitrogens with one attached hydrogen (secondary N) is 1. The van der Waals surface area contributed by atoms with Gasteiger partial charge in [0.15, 0.2) is 0 Å². The van der Waals surface area contributed by atoms with Gasteiger partial charge in [-0.2, -0.15) is 0 Å². The van der Waals surface area contributed by atoms with Crippen molar-refractivity contribution in [3.8, 4) is 0 Å². The van der Waals surface area contributed by atoms with E-state index in [1.165, 1.54) is 5.56 Å². The molecule has 1 unspecified atom stereocenters. The number of nitrogens with two attached hydrogens (primary N) is 1. The second-order valence-electron chi connectivity index (χ2n) is 4.54. The first-order valence-corrected chi connectivity index (χ1v) is 6.65. The zero-order valence-corrected chi connectivity index (χ0v) is 11.9. The molecule has 4 nitrogen and oxygen atoms in total. The Morgan fingerprint density at radius 3 is 2.50 bits per heavy atom. The first-order chi connectivity index (χ1) is 8.65. The molecule has 0 bridgehead atoms. The van der Waals surface area contributed by atoms with Gasteiger partial charge < -0.3 is 4.74 Å². The van der Waals surface area contributed by atoms with Crippen LogP contribution in [0.5, 0.6) is 0 Å². The minimum absolute atomic E-state index is 0.0406. The Morgan fingerprint density at radius 2 is 2.06 bits per heavy atom. The molecule has 0 aliphatic carbocycles. The normalized spacial score (nSPS) is 13.6. The number of aromatic nitrogens is 1. The molecule has 0 radical (unpaired) electrons. The SMILES string of the molecule is CCOC(CC)(CC)C(NN)c1cnccc1C. The lowest BCUT2D eigenvalue weighted by atomic mass is 9.83. The van der Waals surface area contributed by atoms with Gasteiger partial charge in [0.25, 0.3) is 0 Å². The minimum atomic E-state index is -0.280. The fraction of sp³-hybridized carbons (Fsp3) is 0.643. The van der Waals surface area contributed by atoms with Crippen molar-refractivity contribution in [2.75, 3.05) is 6.61 Å². The lowest BCUT2D eigenvalue weighted by Gasteiger charge is -2.39. The van der Waals surface area contributed by atoms with Crippen LogP contribution in [0.2, 0.25) is 0 Å². The molecular formula is C14H25N3O. The summed E-state index contributed by atoms with van der Waals surface area (Å²) in [6, 6.07) is 1.96. The molecule has 0 amide bonds. The average Bonchev–Trinajstić information content (AvgIpc) is 2.40. The second kappa shape index (κ2) is 6.83. The number of hydrazine groups is 1. The number of rotatable bonds is 7. The summed E-state index contributed by atoms with van der Waals surface area (Å²) >= 11 is 0. The van der Waals surface area contributed by atoms with Crippen LogP contribution in [-0.4, -0.2) is 17.2 Å². The van der Waals surface area contributed by atoms with Crippen molar-refractivity contribution in [3.63, 3.8) is 0 Å². The van der Waals surface area contributed by atoms with Crippen molar-refractivity contribution in [1.29, 1.82) is 0 Å². The maximum atomic E-state index is 6.02. The van der Waals surface area contributed by atoms with Gasteiger partial charge in [0.2, 0.25) is 0 Å². The largest absolute Gasteiger partial charge is 0.373 e. The average molecular weight is 251 g/mol. The molecule has 0 spiro atoms. The Bertz CT molecular complexity index is 364. The summed E-state index contributed by atoms with van der Waals surface area (Å²) in [5, 5.41) is 0. The van der Waals surface area contributed by atoms with E-state index >= 15 is 0 Å². The Morgan fingerprint density at radius 1 is 1.39 bits per heavy atom. The zero-order chi connectivity index (χ0) is 13.6. The van der Waals surface area contributed by atoms with Crippen molar-refractivity contribution in [1.82, 2.24) is 10.4 Å². The van der Waals surface area contributed by atoms with Crippen LogP contribution in [0.1, 0.15) is 50.8 Å². The third-order valence-electron chi connectivity index (χ3n) is 3.71. The summed E-state index contributed by atoms with van der Waals surface area (Å²) in [5.74, 6) is 5.78. The molecule has 0 aliphatic heterocycles. The monoisotopic (exact) mass is 251 g/mol. The van der Waals surface area contributed by atoms with Gasteiger partial charge in [-0.05, 0) is 43.9 Å². The molecule has 0 aliphatic rings. The predicted octanol–water partition coefficient (Wildman–Crippen LogP) is 2.49. The molecule has 0 saturated carbocycles. The maximum Gasteiger partial charge on any atom is 0.0884 e. The second-order valence-corrected chi connectivity index (χ2v) is 4.54. The quantitative estimate of drug-likeness (QED) is 0.577. The van der Waals surface area contributed by atoms with E-state index in [1.807, 2.05) is 19.2 Å². The van der Waals surface area contributed by atoms with Gasteiger partial charge in [-0.1, -0.05) is 13.8 Å². The first kappa shape index (κ1) is 15.1. The van der Waals surface area contributed by atoms with E-state index in [0.717, 1.165) is 18.4 Å². The highest BCUT2D eigenvalue weighted by atomic mass is 16.5. The number of hydrogen-bond donors (Lipinski definition) is 2. The lowest BCUT2D eigenvalue weighted by Crippen LogP contribution is -2.48. The van der Waals surface area contributed by atoms with E-state index in [9.17, 15) is 0 Å². The van der Waals surface area contributed by atoms with Crippen molar-refractivity contribution in [2.24, 2.45) is 5.84 Å². The molecule has 1 rings (SSSR count). The van der Waals surface area contributed by atoms with Crippen LogP contribution in [0, 0.1) is 6.92 Å². The van der Waals surface area contributed by atoms with E-state index in [0.29, 0.717) is 6.61 Å². The maximum absolute atomic E-state index is 6.02. The smallest absolute Gasteiger partial charge is 0.0884 e. The molecule has 0 aromatic carbocycles. The standard InChI is InChI=1S/C14H25N3O/c1-5-14(6-2,18-7-3)13(17-15)12-10-16-9-8-11(12)4/h8-10,13,17H,5-7,15H2,1-4H3. The van der Waals surface area contributed by atoms with Gasteiger partial charge >= 0.3 is 0 Å². The number of ether oxygens (including phenoxy) is 1. The Hall–Kier alpha value is -0.970. The Balaban J connectivity index is 3.17. The molecule has 0 saturated heterocycles. The van der Waals surface area contributed by atoms with Crippen molar-refractivity contribution >= 4 is 0 Å². The molecule has 4 heteroatoms. The van der Waals surface area contributed by atoms with Gasteiger partial charge in [-0.15, -0.1) is 0 Å². The number of nitrogens with zero attached hydrogens (tertiary/aromatic N) is 1. The minimum Gasteiger partial charge on any atom is -0.373 e. The highest BCUT2D eigenvalue weighted by molar-refractivity contribution is 5.27. The summed E-state index contributed by atoms with van der Waals surface area (Å²) in [6.45, 7) is 9.04. The van der Waals surface area contributed by atoms with Gasteiger partial charge in [-0.3, -0.25) is 10.8 Å². The van der Waals surface area contributed by atoms with Gasteiger partial charge in [0.1, 0.15) is 0 Å². The molecule has 1 heterocycles. The predicted molar refractivity (Wildman–Crippen MR) is 74.0 cm³/mol. The summed E-state index contributed by atoms with van der Waals surface area (Å²) in [4.78, 5) is 4.21. The Labute approximate surface area is 110 Å². The molecule has 18 heavy (non-hydrogen) atoms. The third kappa shape index (κ3) is 2.88. The van der Waals surface area contributed by atoms with Crippen LogP contribution in [0.4, 0.5) is 0 Å². The summed E-state index contributed by atoms with van der Waals surface area (Å²) in [6.07, 6.45) is 5.48. The van der Waals surface area contributed by atoms with Crippen LogP contribution >= 0.6 is 0 Å². The highest BCUT2D eigenvalue weighted by Gasteiger charge is 2.37. The fourth-order valence-electron chi connectivity index (χ4n) is 2.54. The number of hydrogen-bond acceptors (Lipinski definition) is 4. The van der Waals surface area contributed by atoms with Gasteiger partial charge in [0, 0.05) is 19.0 Å². The number of pyridine rings is 1. The van der Waals surface area contributed by atoms with Crippen LogP contribution in [0.25, 0.3) is 0 Å². The van der Waals surface area contributed by atoms with E-state index in [-0.39, 0.29) is 11.6 Å². The highest BCUT2D eigenvalue weighted by Crippen LogP contribution is 2.35. The van der Waals surface area contributed by atoms with E-state index in [4.69, 9.17) is 10.6 Å². The van der Waals surface area contributed by atoms with E-state index in [1.54, 1.807) is 6.20 Å². The topological polar surface area (TPSA) is 60.2 Å². The van der Waals surface area contributed by atoms with Gasteiger partial charge in [0.05, 0.1) is 11.6 Å². The van der Waals surface area contributed by atoms with Gasteiger partial charge in [-0.25, -0.2) is 5.43 Å². The van der Waals surface area contributed by atoms with Crippen molar-refractivity contribution in [3.05, 3.63) is 29.6 Å². The molecule has 1 aromatic rings. The van der Waals surface area contributed by atoms with E-state index in [2.05, 4.69) is 31.2 Å². The van der Waals surface area contributed by atoms with Crippen LogP contribution < -0.4 is 11.3 Å². The van der Waals surface area contributed by atoms with Crippen molar-refractivity contribution < 1.29 is 4.74 Å². The molecule has 102 valence electrons. The molecule has 0 fully saturated rings. The Kier molecular flexibility index (Phi) is 5.72. The van der Waals surface area contributed by atoms with Crippen LogP contribution in [0.3, 0.4) is 0 Å². The first-order valence-electron chi connectivity index (χ1n) is 6.65. The molecule has 1 atom stereocenters. The van der Waals surface area contributed by atoms with Crippen LogP contribution in [0.15, 0.2) is 18.5 Å². The third-order valence-corrected chi connectivity index (χ3v) is 3.71. The lowest BCUT2D eigenvalue weighted by molar-refractivity contribution is -0.0736. The molecular weight excluding hydrogens is 226 g/mol.